The number of rotatable bonds is 9. The molecule has 1 aromatic carbocycles. The molecule has 1 atom stereocenters. The van der Waals surface area contributed by atoms with E-state index < -0.39 is 12.7 Å². The highest BCUT2D eigenvalue weighted by Gasteiger charge is 2.34. The van der Waals surface area contributed by atoms with E-state index >= 15 is 0 Å². The number of benzene rings is 1. The number of hydrogen-bond donors (Lipinski definition) is 2. The third-order valence-corrected chi connectivity index (χ3v) is 4.38. The zero-order chi connectivity index (χ0) is 19.5. The first-order valence-electron chi connectivity index (χ1n) is 9.34. The highest BCUT2D eigenvalue weighted by molar-refractivity contribution is 14.0. The summed E-state index contributed by atoms with van der Waals surface area (Å²) in [6.07, 6.45) is -1.73. The third kappa shape index (κ3) is 10.5. The van der Waals surface area contributed by atoms with E-state index in [0.717, 1.165) is 12.8 Å². The summed E-state index contributed by atoms with van der Waals surface area (Å²) in [5.74, 6) is 0.623. The number of guanidine groups is 1. The SMILES string of the molecule is CN=C(NCCCOCCc1ccccc1)NC1CCN(CC(F)(F)F)C1.I. The number of likely N-dealkylation sites (tertiary alicyclic amines) is 1. The summed E-state index contributed by atoms with van der Waals surface area (Å²) < 4.78 is 43.0. The maximum Gasteiger partial charge on any atom is 0.401 e. The molecule has 0 bridgehead atoms. The van der Waals surface area contributed by atoms with Crippen molar-refractivity contribution in [2.45, 2.75) is 31.5 Å². The summed E-state index contributed by atoms with van der Waals surface area (Å²) in [6, 6.07) is 10.2. The van der Waals surface area contributed by atoms with Gasteiger partial charge in [-0.05, 0) is 24.8 Å². The van der Waals surface area contributed by atoms with Gasteiger partial charge in [-0.3, -0.25) is 9.89 Å². The number of halogens is 4. The van der Waals surface area contributed by atoms with Gasteiger partial charge in [0.05, 0.1) is 13.2 Å². The van der Waals surface area contributed by atoms with Gasteiger partial charge < -0.3 is 15.4 Å². The van der Waals surface area contributed by atoms with Crippen molar-refractivity contribution < 1.29 is 17.9 Å². The predicted molar refractivity (Wildman–Crippen MR) is 116 cm³/mol. The minimum atomic E-state index is -4.14. The van der Waals surface area contributed by atoms with Gasteiger partial charge in [0.1, 0.15) is 0 Å². The number of ether oxygens (including phenoxy) is 1. The Kier molecular flexibility index (Phi) is 11.8. The molecular weight excluding hydrogens is 484 g/mol. The Bertz CT molecular complexity index is 572. The van der Waals surface area contributed by atoms with E-state index in [1.54, 1.807) is 7.05 Å². The first kappa shape index (κ1) is 25.0. The van der Waals surface area contributed by atoms with Gasteiger partial charge in [-0.15, -0.1) is 24.0 Å². The highest BCUT2D eigenvalue weighted by atomic mass is 127. The molecule has 0 spiro atoms. The lowest BCUT2D eigenvalue weighted by atomic mass is 10.2. The van der Waals surface area contributed by atoms with Gasteiger partial charge >= 0.3 is 6.18 Å². The van der Waals surface area contributed by atoms with E-state index in [-0.39, 0.29) is 30.0 Å². The van der Waals surface area contributed by atoms with Crippen LogP contribution in [0.2, 0.25) is 0 Å². The van der Waals surface area contributed by atoms with Crippen molar-refractivity contribution in [3.8, 4) is 0 Å². The van der Waals surface area contributed by atoms with Crippen molar-refractivity contribution in [3.05, 3.63) is 35.9 Å². The van der Waals surface area contributed by atoms with Crippen molar-refractivity contribution in [1.82, 2.24) is 15.5 Å². The lowest BCUT2D eigenvalue weighted by Gasteiger charge is -2.19. The molecule has 0 amide bonds. The smallest absolute Gasteiger partial charge is 0.381 e. The van der Waals surface area contributed by atoms with Gasteiger partial charge in [-0.25, -0.2) is 0 Å². The van der Waals surface area contributed by atoms with Gasteiger partial charge in [-0.2, -0.15) is 13.2 Å². The van der Waals surface area contributed by atoms with Gasteiger partial charge in [-0.1, -0.05) is 30.3 Å². The van der Waals surface area contributed by atoms with Crippen LogP contribution in [0.1, 0.15) is 18.4 Å². The average Bonchev–Trinajstić information content (AvgIpc) is 3.05. The zero-order valence-corrected chi connectivity index (χ0v) is 18.5. The Morgan fingerprint density at radius 2 is 2.00 bits per heavy atom. The lowest BCUT2D eigenvalue weighted by molar-refractivity contribution is -0.143. The summed E-state index contributed by atoms with van der Waals surface area (Å²) in [7, 11) is 1.66. The minimum absolute atomic E-state index is 0. The Labute approximate surface area is 182 Å². The van der Waals surface area contributed by atoms with Gasteiger partial charge in [0.25, 0.3) is 0 Å². The van der Waals surface area contributed by atoms with Crippen LogP contribution >= 0.6 is 24.0 Å². The normalized spacial score (nSPS) is 18.0. The molecule has 5 nitrogen and oxygen atoms in total. The van der Waals surface area contributed by atoms with Crippen molar-refractivity contribution in [1.29, 1.82) is 0 Å². The largest absolute Gasteiger partial charge is 0.401 e. The Balaban J connectivity index is 0.00000392. The Morgan fingerprint density at radius 1 is 1.25 bits per heavy atom. The number of alkyl halides is 3. The van der Waals surface area contributed by atoms with Crippen LogP contribution in [0, 0.1) is 0 Å². The fourth-order valence-electron chi connectivity index (χ4n) is 3.05. The molecule has 28 heavy (non-hydrogen) atoms. The van der Waals surface area contributed by atoms with E-state index in [0.29, 0.717) is 45.2 Å². The summed E-state index contributed by atoms with van der Waals surface area (Å²) in [6.45, 7) is 2.02. The quantitative estimate of drug-likeness (QED) is 0.230. The molecule has 1 heterocycles. The van der Waals surface area contributed by atoms with Crippen molar-refractivity contribution >= 4 is 29.9 Å². The average molecular weight is 514 g/mol. The topological polar surface area (TPSA) is 48.9 Å². The first-order valence-corrected chi connectivity index (χ1v) is 9.34. The van der Waals surface area contributed by atoms with E-state index in [1.807, 2.05) is 18.2 Å². The molecule has 1 fully saturated rings. The minimum Gasteiger partial charge on any atom is -0.381 e. The molecule has 1 unspecified atom stereocenters. The second-order valence-corrected chi connectivity index (χ2v) is 6.68. The predicted octanol–water partition coefficient (Wildman–Crippen LogP) is 3.06. The fraction of sp³-hybridized carbons (Fsp3) is 0.632. The van der Waals surface area contributed by atoms with Gasteiger partial charge in [0.2, 0.25) is 0 Å². The van der Waals surface area contributed by atoms with Crippen LogP contribution < -0.4 is 10.6 Å². The summed E-state index contributed by atoms with van der Waals surface area (Å²) >= 11 is 0. The molecule has 0 aromatic heterocycles. The van der Waals surface area contributed by atoms with Crippen molar-refractivity contribution in [2.24, 2.45) is 4.99 Å². The summed E-state index contributed by atoms with van der Waals surface area (Å²) in [4.78, 5) is 5.56. The van der Waals surface area contributed by atoms with Crippen LogP contribution in [-0.4, -0.2) is 69.5 Å². The van der Waals surface area contributed by atoms with Gasteiger partial charge in [0.15, 0.2) is 5.96 Å². The lowest BCUT2D eigenvalue weighted by Crippen LogP contribution is -2.45. The third-order valence-electron chi connectivity index (χ3n) is 4.38. The number of nitrogens with zero attached hydrogens (tertiary/aromatic N) is 2. The van der Waals surface area contributed by atoms with E-state index in [4.69, 9.17) is 4.74 Å². The molecule has 1 aliphatic rings. The van der Waals surface area contributed by atoms with Crippen LogP contribution in [0.3, 0.4) is 0 Å². The van der Waals surface area contributed by atoms with Crippen LogP contribution in [0.25, 0.3) is 0 Å². The summed E-state index contributed by atoms with van der Waals surface area (Å²) in [5.41, 5.74) is 1.26. The highest BCUT2D eigenvalue weighted by Crippen LogP contribution is 2.19. The fourth-order valence-corrected chi connectivity index (χ4v) is 3.05. The van der Waals surface area contributed by atoms with E-state index in [2.05, 4.69) is 27.8 Å². The van der Waals surface area contributed by atoms with Crippen LogP contribution in [0.5, 0.6) is 0 Å². The second-order valence-electron chi connectivity index (χ2n) is 6.68. The Morgan fingerprint density at radius 3 is 2.68 bits per heavy atom. The molecule has 1 saturated heterocycles. The van der Waals surface area contributed by atoms with E-state index in [9.17, 15) is 13.2 Å². The maximum atomic E-state index is 12.4. The molecule has 0 saturated carbocycles. The second kappa shape index (κ2) is 13.2. The number of hydrogen-bond acceptors (Lipinski definition) is 3. The van der Waals surface area contributed by atoms with Crippen LogP contribution in [0.4, 0.5) is 13.2 Å². The van der Waals surface area contributed by atoms with Crippen molar-refractivity contribution in [2.75, 3.05) is 46.4 Å². The number of nitrogens with one attached hydrogen (secondary N) is 2. The molecule has 2 N–H and O–H groups in total. The van der Waals surface area contributed by atoms with E-state index in [1.165, 1.54) is 10.5 Å². The molecule has 2 rings (SSSR count). The first-order chi connectivity index (χ1) is 13.0. The summed E-state index contributed by atoms with van der Waals surface area (Å²) in [5, 5.41) is 6.38. The number of aliphatic imine (C=N–C) groups is 1. The molecule has 0 radical (unpaired) electrons. The monoisotopic (exact) mass is 514 g/mol. The van der Waals surface area contributed by atoms with Crippen molar-refractivity contribution in [3.63, 3.8) is 0 Å². The molecule has 1 aromatic rings. The Hall–Kier alpha value is -1.07. The van der Waals surface area contributed by atoms with Gasteiger partial charge in [0, 0.05) is 39.3 Å². The molecular formula is C19H30F3IN4O. The maximum absolute atomic E-state index is 12.4. The zero-order valence-electron chi connectivity index (χ0n) is 16.2. The molecule has 9 heteroatoms. The molecule has 160 valence electrons. The standard InChI is InChI=1S/C19H29F3N4O.HI/c1-23-18(25-17-8-11-26(14-17)15-19(20,21)22)24-10-5-12-27-13-9-16-6-3-2-4-7-16;/h2-4,6-7,17H,5,8-15H2,1H3,(H2,23,24,25);1H. The van der Waals surface area contributed by atoms with Crippen LogP contribution in [-0.2, 0) is 11.2 Å². The molecule has 1 aliphatic heterocycles. The molecule has 0 aliphatic carbocycles. The van der Waals surface area contributed by atoms with Crippen LogP contribution in [0.15, 0.2) is 35.3 Å².